The lowest BCUT2D eigenvalue weighted by Crippen LogP contribution is -2.39. The lowest BCUT2D eigenvalue weighted by atomic mass is 9.93. The van der Waals surface area contributed by atoms with Gasteiger partial charge in [-0.05, 0) is 78.2 Å². The Kier molecular flexibility index (Phi) is 6.73. The number of carbonyl (C=O) groups is 1. The molecule has 7 heteroatoms. The molecule has 2 fully saturated rings. The van der Waals surface area contributed by atoms with E-state index < -0.39 is 11.6 Å². The van der Waals surface area contributed by atoms with Gasteiger partial charge in [-0.25, -0.2) is 8.78 Å². The molecule has 1 amide bonds. The van der Waals surface area contributed by atoms with Crippen LogP contribution in [0.5, 0.6) is 0 Å². The first-order chi connectivity index (χ1) is 13.1. The summed E-state index contributed by atoms with van der Waals surface area (Å²) in [6.45, 7) is 2.62. The van der Waals surface area contributed by atoms with Gasteiger partial charge in [0.15, 0.2) is 11.6 Å². The highest BCUT2D eigenvalue weighted by atomic mass is 35.5. The molecule has 1 saturated carbocycles. The van der Waals surface area contributed by atoms with E-state index in [1.807, 2.05) is 10.3 Å². The number of amides is 1. The van der Waals surface area contributed by atoms with Gasteiger partial charge in [-0.2, -0.15) is 11.3 Å². The molecule has 0 bridgehead atoms. The summed E-state index contributed by atoms with van der Waals surface area (Å²) in [6, 6.07) is 6.47. The number of nitrogens with one attached hydrogen (secondary N) is 1. The predicted molar refractivity (Wildman–Crippen MR) is 110 cm³/mol. The summed E-state index contributed by atoms with van der Waals surface area (Å²) in [7, 11) is 0. The van der Waals surface area contributed by atoms with Crippen molar-refractivity contribution < 1.29 is 13.6 Å². The molecule has 1 spiro atoms. The van der Waals surface area contributed by atoms with Crippen molar-refractivity contribution >= 4 is 29.7 Å². The quantitative estimate of drug-likeness (QED) is 0.734. The highest BCUT2D eigenvalue weighted by Crippen LogP contribution is 2.56. The van der Waals surface area contributed by atoms with Crippen molar-refractivity contribution in [1.82, 2.24) is 10.2 Å². The third-order valence-corrected chi connectivity index (χ3v) is 6.75. The molecule has 0 radical (unpaired) electrons. The number of benzene rings is 1. The number of thiophene rings is 1. The monoisotopic (exact) mass is 426 g/mol. The molecule has 1 aliphatic carbocycles. The zero-order valence-corrected chi connectivity index (χ0v) is 17.3. The molecule has 2 heterocycles. The molecule has 3 nitrogen and oxygen atoms in total. The fourth-order valence-electron chi connectivity index (χ4n) is 4.31. The molecule has 4 rings (SSSR count). The second-order valence-corrected chi connectivity index (χ2v) is 8.48. The van der Waals surface area contributed by atoms with E-state index in [4.69, 9.17) is 0 Å². The lowest BCUT2D eigenvalue weighted by molar-refractivity contribution is -0.133. The van der Waals surface area contributed by atoms with Crippen molar-refractivity contribution in [3.05, 3.63) is 57.8 Å². The second-order valence-electron chi connectivity index (χ2n) is 7.70. The van der Waals surface area contributed by atoms with Gasteiger partial charge in [0.05, 0.1) is 0 Å². The van der Waals surface area contributed by atoms with E-state index in [2.05, 4.69) is 16.8 Å². The van der Waals surface area contributed by atoms with Crippen molar-refractivity contribution in [2.24, 2.45) is 5.41 Å². The van der Waals surface area contributed by atoms with Crippen LogP contribution in [0.2, 0.25) is 0 Å². The van der Waals surface area contributed by atoms with Gasteiger partial charge < -0.3 is 10.2 Å². The molecule has 1 atom stereocenters. The Labute approximate surface area is 174 Å². The zero-order valence-electron chi connectivity index (χ0n) is 15.6. The van der Waals surface area contributed by atoms with Crippen LogP contribution in [-0.2, 0) is 17.8 Å². The Morgan fingerprint density at radius 1 is 1.25 bits per heavy atom. The first-order valence-corrected chi connectivity index (χ1v) is 10.5. The predicted octanol–water partition coefficient (Wildman–Crippen LogP) is 4.55. The summed E-state index contributed by atoms with van der Waals surface area (Å²) in [5, 5.41) is 7.49. The third-order valence-electron chi connectivity index (χ3n) is 6.02. The van der Waals surface area contributed by atoms with Crippen molar-refractivity contribution in [3.8, 4) is 0 Å². The van der Waals surface area contributed by atoms with Crippen LogP contribution >= 0.6 is 23.7 Å². The van der Waals surface area contributed by atoms with Gasteiger partial charge in [0.2, 0.25) is 5.91 Å². The Bertz CT molecular complexity index is 809. The summed E-state index contributed by atoms with van der Waals surface area (Å²) < 4.78 is 27.3. The fourth-order valence-corrected chi connectivity index (χ4v) is 4.97. The molecule has 1 unspecified atom stereocenters. The Balaban J connectivity index is 0.00000225. The Hall–Kier alpha value is -1.50. The summed E-state index contributed by atoms with van der Waals surface area (Å²) in [4.78, 5) is 15.0. The van der Waals surface area contributed by atoms with E-state index in [0.29, 0.717) is 6.54 Å². The summed E-state index contributed by atoms with van der Waals surface area (Å²) in [6.07, 6.45) is 3.69. The van der Waals surface area contributed by atoms with E-state index in [1.54, 1.807) is 17.4 Å². The minimum absolute atomic E-state index is 0. The van der Waals surface area contributed by atoms with Crippen LogP contribution in [0, 0.1) is 17.0 Å². The number of hydrogen-bond acceptors (Lipinski definition) is 3. The topological polar surface area (TPSA) is 32.3 Å². The van der Waals surface area contributed by atoms with Gasteiger partial charge in [0.25, 0.3) is 0 Å². The van der Waals surface area contributed by atoms with Crippen LogP contribution in [-0.4, -0.2) is 29.9 Å². The first-order valence-electron chi connectivity index (χ1n) is 9.53. The van der Waals surface area contributed by atoms with Crippen molar-refractivity contribution in [1.29, 1.82) is 0 Å². The van der Waals surface area contributed by atoms with Gasteiger partial charge in [0, 0.05) is 19.0 Å². The molecule has 1 aliphatic heterocycles. The summed E-state index contributed by atoms with van der Waals surface area (Å²) in [5.74, 6) is -1.66. The number of piperidine rings is 1. The van der Waals surface area contributed by atoms with Crippen LogP contribution in [0.15, 0.2) is 35.0 Å². The molecule has 2 aliphatic rings. The number of carbonyl (C=O) groups excluding carboxylic acids is 1. The van der Waals surface area contributed by atoms with Crippen molar-refractivity contribution in [2.45, 2.75) is 44.7 Å². The van der Waals surface area contributed by atoms with Gasteiger partial charge in [-0.3, -0.25) is 4.79 Å². The van der Waals surface area contributed by atoms with Crippen LogP contribution in [0.25, 0.3) is 0 Å². The molecule has 2 aromatic rings. The Morgan fingerprint density at radius 3 is 2.75 bits per heavy atom. The third kappa shape index (κ3) is 4.39. The number of nitrogens with zero attached hydrogens (tertiary/aromatic N) is 1. The molecule has 28 heavy (non-hydrogen) atoms. The highest BCUT2D eigenvalue weighted by Gasteiger charge is 2.57. The fraction of sp³-hybridized carbons (Fsp3) is 0.476. The SMILES string of the molecule is Cl.O=C(CCc1cccc(F)c1F)N(Cc1ccsc1)C1CC12CCNCC2. The highest BCUT2D eigenvalue weighted by molar-refractivity contribution is 7.07. The average Bonchev–Trinajstić information content (AvgIpc) is 3.10. The number of halogens is 3. The van der Waals surface area contributed by atoms with Crippen LogP contribution in [0.1, 0.15) is 36.8 Å². The zero-order chi connectivity index (χ0) is 18.9. The normalized spacial score (nSPS) is 19.9. The number of hydrogen-bond donors (Lipinski definition) is 1. The van der Waals surface area contributed by atoms with Gasteiger partial charge in [-0.15, -0.1) is 12.4 Å². The minimum atomic E-state index is -0.856. The maximum atomic E-state index is 13.9. The van der Waals surface area contributed by atoms with E-state index in [-0.39, 0.29) is 48.2 Å². The molecule has 1 aromatic heterocycles. The minimum Gasteiger partial charge on any atom is -0.335 e. The molecule has 1 N–H and O–H groups in total. The largest absolute Gasteiger partial charge is 0.335 e. The van der Waals surface area contributed by atoms with Crippen molar-refractivity contribution in [2.75, 3.05) is 13.1 Å². The van der Waals surface area contributed by atoms with Gasteiger partial charge in [-0.1, -0.05) is 12.1 Å². The lowest BCUT2D eigenvalue weighted by Gasteiger charge is -2.29. The van der Waals surface area contributed by atoms with Gasteiger partial charge in [0.1, 0.15) is 0 Å². The molecule has 1 saturated heterocycles. The number of rotatable bonds is 6. The average molecular weight is 427 g/mol. The van der Waals surface area contributed by atoms with E-state index in [1.165, 1.54) is 6.07 Å². The van der Waals surface area contributed by atoms with E-state index >= 15 is 0 Å². The van der Waals surface area contributed by atoms with Crippen LogP contribution < -0.4 is 5.32 Å². The molecule has 152 valence electrons. The van der Waals surface area contributed by atoms with Crippen molar-refractivity contribution in [3.63, 3.8) is 0 Å². The van der Waals surface area contributed by atoms with Crippen LogP contribution in [0.3, 0.4) is 0 Å². The first kappa shape index (κ1) is 21.2. The smallest absolute Gasteiger partial charge is 0.223 e. The molecular formula is C21H25ClF2N2OS. The molecule has 1 aromatic carbocycles. The van der Waals surface area contributed by atoms with Crippen LogP contribution in [0.4, 0.5) is 8.78 Å². The summed E-state index contributed by atoms with van der Waals surface area (Å²) in [5.41, 5.74) is 1.66. The maximum absolute atomic E-state index is 13.9. The maximum Gasteiger partial charge on any atom is 0.223 e. The van der Waals surface area contributed by atoms with E-state index in [9.17, 15) is 13.6 Å². The summed E-state index contributed by atoms with van der Waals surface area (Å²) >= 11 is 1.63. The van der Waals surface area contributed by atoms with Gasteiger partial charge >= 0.3 is 0 Å². The van der Waals surface area contributed by atoms with E-state index in [0.717, 1.165) is 44.0 Å². The Morgan fingerprint density at radius 2 is 2.04 bits per heavy atom. The standard InChI is InChI=1S/C21H24F2N2OS.ClH/c22-17-3-1-2-16(20(17)23)4-5-19(26)25(13-15-6-11-27-14-15)18-12-21(18)7-9-24-10-8-21;/h1-3,6,11,14,18,24H,4-5,7-10,12-13H2;1H. The number of aryl methyl sites for hydroxylation is 1. The second kappa shape index (κ2) is 8.89. The molecular weight excluding hydrogens is 402 g/mol.